The average molecular weight is 421 g/mol. The topological polar surface area (TPSA) is 49.4 Å². The van der Waals surface area contributed by atoms with Gasteiger partial charge in [-0.2, -0.15) is 0 Å². The van der Waals surface area contributed by atoms with E-state index >= 15 is 0 Å². The molecule has 1 aliphatic rings. The Morgan fingerprint density at radius 1 is 1.12 bits per heavy atom. The molecule has 1 saturated heterocycles. The van der Waals surface area contributed by atoms with Gasteiger partial charge in [-0.1, -0.05) is 26.0 Å². The first-order chi connectivity index (χ1) is 11.9. The Balaban J connectivity index is 1.80. The summed E-state index contributed by atoms with van der Waals surface area (Å²) in [5, 5.41) is 2.89. The van der Waals surface area contributed by atoms with Crippen LogP contribution in [0.15, 0.2) is 40.2 Å². The Labute approximate surface area is 160 Å². The van der Waals surface area contributed by atoms with Crippen molar-refractivity contribution in [3.63, 3.8) is 0 Å². The van der Waals surface area contributed by atoms with Gasteiger partial charge in [0.05, 0.1) is 19.9 Å². The van der Waals surface area contributed by atoms with Gasteiger partial charge in [-0.3, -0.25) is 9.59 Å². The molecule has 1 fully saturated rings. The number of carbonyl (C=O) groups is 2. The minimum Gasteiger partial charge on any atom is -0.338 e. The summed E-state index contributed by atoms with van der Waals surface area (Å²) >= 11 is 4.73. The lowest BCUT2D eigenvalue weighted by atomic mass is 9.91. The second-order valence-corrected chi connectivity index (χ2v) is 9.22. The Morgan fingerprint density at radius 2 is 1.80 bits per heavy atom. The summed E-state index contributed by atoms with van der Waals surface area (Å²) in [4.78, 5) is 28.0. The molecule has 0 bridgehead atoms. The van der Waals surface area contributed by atoms with Crippen LogP contribution in [0.5, 0.6) is 0 Å². The fourth-order valence-corrected chi connectivity index (χ4v) is 4.68. The Hall–Kier alpha value is -1.66. The Bertz CT molecular complexity index is 779. The van der Waals surface area contributed by atoms with Gasteiger partial charge in [-0.15, -0.1) is 11.3 Å². The van der Waals surface area contributed by atoms with Crippen molar-refractivity contribution in [3.05, 3.63) is 50.6 Å². The van der Waals surface area contributed by atoms with Crippen molar-refractivity contribution in [2.45, 2.75) is 20.3 Å². The first kappa shape index (κ1) is 18.1. The number of likely N-dealkylation sites (tertiary alicyclic amines) is 1. The third kappa shape index (κ3) is 4.30. The fraction of sp³-hybridized carbons (Fsp3) is 0.368. The van der Waals surface area contributed by atoms with Crippen LogP contribution in [0.2, 0.25) is 0 Å². The number of thiophene rings is 1. The monoisotopic (exact) mass is 420 g/mol. The van der Waals surface area contributed by atoms with Gasteiger partial charge >= 0.3 is 0 Å². The van der Waals surface area contributed by atoms with Crippen molar-refractivity contribution in [3.8, 4) is 0 Å². The number of rotatable bonds is 3. The molecule has 2 unspecified atom stereocenters. The zero-order valence-corrected chi connectivity index (χ0v) is 16.7. The molecule has 0 radical (unpaired) electrons. The summed E-state index contributed by atoms with van der Waals surface area (Å²) in [5.41, 5.74) is 1.11. The molecule has 6 heteroatoms. The summed E-state index contributed by atoms with van der Waals surface area (Å²) in [6.45, 7) is 5.89. The molecular formula is C19H21BrN2O2S. The second kappa shape index (κ2) is 7.70. The van der Waals surface area contributed by atoms with Crippen molar-refractivity contribution in [2.24, 2.45) is 11.8 Å². The van der Waals surface area contributed by atoms with Crippen LogP contribution >= 0.6 is 27.3 Å². The van der Waals surface area contributed by atoms with Crippen molar-refractivity contribution in [1.82, 2.24) is 4.90 Å². The first-order valence-corrected chi connectivity index (χ1v) is 10.00. The largest absolute Gasteiger partial charge is 0.338 e. The first-order valence-electron chi connectivity index (χ1n) is 8.39. The van der Waals surface area contributed by atoms with Crippen LogP contribution in [0.3, 0.4) is 0 Å². The highest BCUT2D eigenvalue weighted by atomic mass is 79.9. The third-order valence-corrected chi connectivity index (χ3v) is 5.98. The van der Waals surface area contributed by atoms with E-state index in [1.807, 2.05) is 23.1 Å². The predicted octanol–water partition coefficient (Wildman–Crippen LogP) is 4.88. The molecule has 0 spiro atoms. The molecule has 1 N–H and O–H groups in total. The Kier molecular flexibility index (Phi) is 5.59. The van der Waals surface area contributed by atoms with Gasteiger partial charge in [0.25, 0.3) is 11.8 Å². The van der Waals surface area contributed by atoms with Gasteiger partial charge in [-0.05, 0) is 58.5 Å². The van der Waals surface area contributed by atoms with Crippen molar-refractivity contribution in [1.29, 1.82) is 0 Å². The number of piperidine rings is 1. The molecule has 1 aromatic carbocycles. The molecular weight excluding hydrogens is 400 g/mol. The number of carbonyl (C=O) groups excluding carboxylic acids is 2. The molecule has 2 heterocycles. The number of amides is 2. The summed E-state index contributed by atoms with van der Waals surface area (Å²) in [6, 6.07) is 10.8. The van der Waals surface area contributed by atoms with Gasteiger partial charge in [-0.25, -0.2) is 0 Å². The molecule has 2 aromatic rings. The highest BCUT2D eigenvalue weighted by Crippen LogP contribution is 2.26. The van der Waals surface area contributed by atoms with E-state index in [2.05, 4.69) is 35.1 Å². The minimum atomic E-state index is -0.198. The number of nitrogens with one attached hydrogen (secondary N) is 1. The lowest BCUT2D eigenvalue weighted by molar-refractivity contribution is 0.0624. The van der Waals surface area contributed by atoms with Gasteiger partial charge in [0.2, 0.25) is 0 Å². The van der Waals surface area contributed by atoms with E-state index in [-0.39, 0.29) is 11.8 Å². The van der Waals surface area contributed by atoms with Crippen molar-refractivity contribution in [2.75, 3.05) is 18.4 Å². The van der Waals surface area contributed by atoms with Crippen molar-refractivity contribution >= 4 is 44.8 Å². The normalized spacial score (nSPS) is 20.4. The summed E-state index contributed by atoms with van der Waals surface area (Å²) < 4.78 is 0.901. The molecule has 2 atom stereocenters. The number of hydrogen-bond acceptors (Lipinski definition) is 3. The molecule has 25 heavy (non-hydrogen) atoms. The van der Waals surface area contributed by atoms with E-state index in [0.29, 0.717) is 28.0 Å². The molecule has 0 aliphatic carbocycles. The molecule has 2 amide bonds. The minimum absolute atomic E-state index is 0.0124. The van der Waals surface area contributed by atoms with Crippen LogP contribution < -0.4 is 5.32 Å². The summed E-state index contributed by atoms with van der Waals surface area (Å²) in [5.74, 6) is 0.786. The van der Waals surface area contributed by atoms with E-state index in [1.54, 1.807) is 18.2 Å². The SMILES string of the molecule is CC1CC(C)CN(C(=O)c2ccccc2NC(=O)c2ccc(Br)s2)C1. The lowest BCUT2D eigenvalue weighted by Crippen LogP contribution is -2.42. The molecule has 132 valence electrons. The van der Waals surface area contributed by atoms with Crippen LogP contribution in [0, 0.1) is 11.8 Å². The maximum Gasteiger partial charge on any atom is 0.265 e. The van der Waals surface area contributed by atoms with Gasteiger partial charge in [0.1, 0.15) is 0 Å². The van der Waals surface area contributed by atoms with E-state index in [4.69, 9.17) is 0 Å². The van der Waals surface area contributed by atoms with Gasteiger partial charge < -0.3 is 10.2 Å². The van der Waals surface area contributed by atoms with Gasteiger partial charge in [0, 0.05) is 13.1 Å². The molecule has 0 saturated carbocycles. The van der Waals surface area contributed by atoms with E-state index in [9.17, 15) is 9.59 Å². The number of hydrogen-bond donors (Lipinski definition) is 1. The lowest BCUT2D eigenvalue weighted by Gasteiger charge is -2.35. The summed E-state index contributed by atoms with van der Waals surface area (Å²) in [7, 11) is 0. The second-order valence-electron chi connectivity index (χ2n) is 6.76. The van der Waals surface area contributed by atoms with Crippen molar-refractivity contribution < 1.29 is 9.59 Å². The zero-order chi connectivity index (χ0) is 18.0. The molecule has 3 rings (SSSR count). The number of halogens is 1. The Morgan fingerprint density at radius 3 is 2.44 bits per heavy atom. The smallest absolute Gasteiger partial charge is 0.265 e. The fourth-order valence-electron chi connectivity index (χ4n) is 3.40. The van der Waals surface area contributed by atoms with E-state index < -0.39 is 0 Å². The molecule has 1 aromatic heterocycles. The van der Waals surface area contributed by atoms with Crippen LogP contribution in [-0.4, -0.2) is 29.8 Å². The highest BCUT2D eigenvalue weighted by Gasteiger charge is 2.27. The number of para-hydroxylation sites is 1. The third-order valence-electron chi connectivity index (χ3n) is 4.36. The number of benzene rings is 1. The van der Waals surface area contributed by atoms with Crippen LogP contribution in [0.1, 0.15) is 40.3 Å². The van der Waals surface area contributed by atoms with Gasteiger partial charge in [0.15, 0.2) is 0 Å². The maximum atomic E-state index is 13.0. The molecule has 4 nitrogen and oxygen atoms in total. The van der Waals surface area contributed by atoms with E-state index in [0.717, 1.165) is 23.3 Å². The van der Waals surface area contributed by atoms with Crippen LogP contribution in [-0.2, 0) is 0 Å². The van der Waals surface area contributed by atoms with E-state index in [1.165, 1.54) is 11.3 Å². The standard InChI is InChI=1S/C19H21BrN2O2S/c1-12-9-13(2)11-22(10-12)19(24)14-5-3-4-6-15(14)21-18(23)16-7-8-17(20)25-16/h3-8,12-13H,9-11H2,1-2H3,(H,21,23). The number of anilines is 1. The quantitative estimate of drug-likeness (QED) is 0.768. The average Bonchev–Trinajstić information content (AvgIpc) is 3.00. The summed E-state index contributed by atoms with van der Waals surface area (Å²) in [6.07, 6.45) is 1.15. The van der Waals surface area contributed by atoms with Crippen LogP contribution in [0.4, 0.5) is 5.69 Å². The predicted molar refractivity (Wildman–Crippen MR) is 105 cm³/mol. The zero-order valence-electron chi connectivity index (χ0n) is 14.3. The number of nitrogens with zero attached hydrogens (tertiary/aromatic N) is 1. The van der Waals surface area contributed by atoms with Crippen LogP contribution in [0.25, 0.3) is 0 Å². The molecule has 1 aliphatic heterocycles. The maximum absolute atomic E-state index is 13.0. The highest BCUT2D eigenvalue weighted by molar-refractivity contribution is 9.11.